The first kappa shape index (κ1) is 9.58. The molecule has 1 aliphatic heterocycles. The van der Waals surface area contributed by atoms with Crippen molar-refractivity contribution in [3.63, 3.8) is 0 Å². The topological polar surface area (TPSA) is 17.3 Å². The number of nitrogens with zero attached hydrogens (tertiary/aromatic N) is 2. The van der Waals surface area contributed by atoms with Crippen molar-refractivity contribution in [1.82, 2.24) is 4.57 Å². The summed E-state index contributed by atoms with van der Waals surface area (Å²) in [6.07, 6.45) is 2.14. The summed E-state index contributed by atoms with van der Waals surface area (Å²) in [7, 11) is 2.08. The minimum Gasteiger partial charge on any atom is -0.349 e. The first-order valence-electron chi connectivity index (χ1n) is 4.15. The van der Waals surface area contributed by atoms with Crippen LogP contribution in [0, 0.1) is 6.92 Å². The molecule has 1 aromatic rings. The highest BCUT2D eigenvalue weighted by Crippen LogP contribution is 2.27. The molecule has 2 rings (SSSR count). The molecule has 1 atom stereocenters. The minimum absolute atomic E-state index is 0.452. The molecule has 1 aromatic heterocycles. The van der Waals surface area contributed by atoms with Gasteiger partial charge >= 0.3 is 0 Å². The first-order chi connectivity index (χ1) is 6.16. The Balaban J connectivity index is 2.35. The summed E-state index contributed by atoms with van der Waals surface area (Å²) in [5.41, 5.74) is 2.55. The molecule has 2 nitrogen and oxygen atoms in total. The number of thioether (sulfide) groups is 1. The molecule has 0 bridgehead atoms. The van der Waals surface area contributed by atoms with E-state index in [-0.39, 0.29) is 0 Å². The first-order valence-corrected chi connectivity index (χ1v) is 6.38. The Morgan fingerprint density at radius 2 is 2.46 bits per heavy atom. The highest BCUT2D eigenvalue weighted by molar-refractivity contribution is 14.1. The van der Waals surface area contributed by atoms with Gasteiger partial charge in [-0.25, -0.2) is 0 Å². The van der Waals surface area contributed by atoms with Gasteiger partial charge in [0.1, 0.15) is 9.09 Å². The van der Waals surface area contributed by atoms with Crippen LogP contribution >= 0.6 is 34.4 Å². The fourth-order valence-corrected chi connectivity index (χ4v) is 3.36. The quantitative estimate of drug-likeness (QED) is 0.443. The average molecular weight is 306 g/mol. The van der Waals surface area contributed by atoms with Crippen molar-refractivity contribution in [3.8, 4) is 0 Å². The lowest BCUT2D eigenvalue weighted by Crippen LogP contribution is -1.99. The van der Waals surface area contributed by atoms with E-state index in [9.17, 15) is 0 Å². The molecule has 0 saturated heterocycles. The molecule has 0 fully saturated rings. The van der Waals surface area contributed by atoms with E-state index in [1.165, 1.54) is 16.3 Å². The van der Waals surface area contributed by atoms with Crippen LogP contribution in [0.1, 0.15) is 11.3 Å². The highest BCUT2D eigenvalue weighted by atomic mass is 127. The summed E-state index contributed by atoms with van der Waals surface area (Å²) < 4.78 is 2.60. The predicted octanol–water partition coefficient (Wildman–Crippen LogP) is 2.59. The monoisotopic (exact) mass is 306 g/mol. The lowest BCUT2D eigenvalue weighted by molar-refractivity contribution is 0.913. The zero-order chi connectivity index (χ0) is 9.42. The maximum Gasteiger partial charge on any atom is 0.116 e. The van der Waals surface area contributed by atoms with Crippen molar-refractivity contribution in [3.05, 3.63) is 23.5 Å². The minimum atomic E-state index is 0.452. The Bertz CT molecular complexity index is 356. The Labute approximate surface area is 95.9 Å². The molecular formula is C9H11IN2S. The molecule has 0 N–H and O–H groups in total. The maximum absolute atomic E-state index is 4.58. The van der Waals surface area contributed by atoms with E-state index in [4.69, 9.17) is 0 Å². The normalized spacial score (nSPS) is 22.1. The number of rotatable bonds is 1. The average Bonchev–Trinajstić information content (AvgIpc) is 2.58. The second-order valence-electron chi connectivity index (χ2n) is 3.19. The van der Waals surface area contributed by atoms with E-state index in [1.54, 1.807) is 0 Å². The van der Waals surface area contributed by atoms with Crippen LogP contribution in [0.5, 0.6) is 0 Å². The fraction of sp³-hybridized carbons (Fsp3) is 0.444. The lowest BCUT2D eigenvalue weighted by atomic mass is 10.3. The van der Waals surface area contributed by atoms with Gasteiger partial charge in [0.2, 0.25) is 0 Å². The zero-order valence-corrected chi connectivity index (χ0v) is 10.6. The largest absolute Gasteiger partial charge is 0.349 e. The highest BCUT2D eigenvalue weighted by Gasteiger charge is 2.18. The van der Waals surface area contributed by atoms with E-state index >= 15 is 0 Å². The van der Waals surface area contributed by atoms with Gasteiger partial charge in [-0.1, -0.05) is 22.6 Å². The molecule has 0 amide bonds. The molecule has 13 heavy (non-hydrogen) atoms. The van der Waals surface area contributed by atoms with Crippen molar-refractivity contribution >= 4 is 39.4 Å². The third kappa shape index (κ3) is 1.93. The van der Waals surface area contributed by atoms with Gasteiger partial charge in [0, 0.05) is 19.0 Å². The molecule has 0 radical (unpaired) electrons. The van der Waals surface area contributed by atoms with Gasteiger partial charge in [0.15, 0.2) is 0 Å². The van der Waals surface area contributed by atoms with Crippen molar-refractivity contribution in [1.29, 1.82) is 0 Å². The maximum atomic E-state index is 4.58. The zero-order valence-electron chi connectivity index (χ0n) is 7.62. The van der Waals surface area contributed by atoms with Crippen LogP contribution in [0.25, 0.3) is 0 Å². The van der Waals surface area contributed by atoms with Crippen molar-refractivity contribution < 1.29 is 0 Å². The Morgan fingerprint density at radius 3 is 2.92 bits per heavy atom. The molecule has 70 valence electrons. The van der Waals surface area contributed by atoms with E-state index < -0.39 is 0 Å². The van der Waals surface area contributed by atoms with Crippen molar-refractivity contribution in [2.24, 2.45) is 12.0 Å². The van der Waals surface area contributed by atoms with Gasteiger partial charge in [0.25, 0.3) is 0 Å². The van der Waals surface area contributed by atoms with Crippen LogP contribution in [0.4, 0.5) is 0 Å². The second kappa shape index (κ2) is 3.65. The van der Waals surface area contributed by atoms with E-state index in [1.807, 2.05) is 11.8 Å². The second-order valence-corrected chi connectivity index (χ2v) is 5.64. The van der Waals surface area contributed by atoms with Gasteiger partial charge in [-0.05, 0) is 18.6 Å². The molecule has 0 saturated carbocycles. The lowest BCUT2D eigenvalue weighted by Gasteiger charge is -1.99. The number of alkyl halides is 1. The van der Waals surface area contributed by atoms with E-state index in [0.29, 0.717) is 4.05 Å². The Kier molecular flexibility index (Phi) is 2.69. The van der Waals surface area contributed by atoms with Crippen LogP contribution in [-0.2, 0) is 7.05 Å². The van der Waals surface area contributed by atoms with Crippen LogP contribution in [0.2, 0.25) is 0 Å². The van der Waals surface area contributed by atoms with Crippen molar-refractivity contribution in [2.75, 3.05) is 5.75 Å². The summed E-state index contributed by atoms with van der Waals surface area (Å²) in [4.78, 5) is 4.58. The summed E-state index contributed by atoms with van der Waals surface area (Å²) in [6.45, 7) is 2.12. The molecule has 0 aliphatic carbocycles. The number of hydrogen-bond acceptors (Lipinski definition) is 2. The van der Waals surface area contributed by atoms with Gasteiger partial charge in [-0.15, -0.1) is 11.8 Å². The Hall–Kier alpha value is 0.0300. The van der Waals surface area contributed by atoms with Crippen LogP contribution in [0.15, 0.2) is 17.3 Å². The molecule has 1 aliphatic rings. The molecule has 4 heteroatoms. The summed E-state index contributed by atoms with van der Waals surface area (Å²) >= 11 is 4.23. The number of halogens is 1. The number of hydrogen-bond donors (Lipinski definition) is 0. The molecular weight excluding hydrogens is 295 g/mol. The Morgan fingerprint density at radius 1 is 1.69 bits per heavy atom. The van der Waals surface area contributed by atoms with Crippen LogP contribution in [-0.4, -0.2) is 19.4 Å². The van der Waals surface area contributed by atoms with Gasteiger partial charge < -0.3 is 4.57 Å². The molecule has 0 spiro atoms. The van der Waals surface area contributed by atoms with Gasteiger partial charge in [0.05, 0.1) is 5.69 Å². The standard InChI is InChI=1S/C9H11IN2S/c1-6-3-7(12(2)4-6)9-11-8(10)5-13-9/h3-4,8H,5H2,1-2H3/t8-/m0/s1. The van der Waals surface area contributed by atoms with E-state index in [0.717, 1.165) is 5.75 Å². The van der Waals surface area contributed by atoms with Gasteiger partial charge in [-0.3, -0.25) is 4.99 Å². The number of aryl methyl sites for hydroxylation is 2. The fourth-order valence-electron chi connectivity index (χ4n) is 1.43. The SMILES string of the molecule is Cc1cc(C2=N[C@H](I)CS2)n(C)c1. The summed E-state index contributed by atoms with van der Waals surface area (Å²) in [6, 6.07) is 2.19. The molecule has 2 heterocycles. The number of aliphatic imine (C=N–C) groups is 1. The van der Waals surface area contributed by atoms with Crippen molar-refractivity contribution in [2.45, 2.75) is 11.0 Å². The third-order valence-corrected chi connectivity index (χ3v) is 4.36. The summed E-state index contributed by atoms with van der Waals surface area (Å²) in [5, 5.41) is 1.19. The van der Waals surface area contributed by atoms with Crippen LogP contribution in [0.3, 0.4) is 0 Å². The molecule has 0 aromatic carbocycles. The van der Waals surface area contributed by atoms with E-state index in [2.05, 4.69) is 58.4 Å². The summed E-state index contributed by atoms with van der Waals surface area (Å²) in [5.74, 6) is 1.11. The van der Waals surface area contributed by atoms with Crippen LogP contribution < -0.4 is 0 Å². The predicted molar refractivity (Wildman–Crippen MR) is 67.0 cm³/mol. The third-order valence-electron chi connectivity index (χ3n) is 1.98. The molecule has 0 unspecified atom stereocenters. The number of aromatic nitrogens is 1. The van der Waals surface area contributed by atoms with Gasteiger partial charge in [-0.2, -0.15) is 0 Å². The smallest absolute Gasteiger partial charge is 0.116 e.